The summed E-state index contributed by atoms with van der Waals surface area (Å²) < 4.78 is 13.4. The zero-order valence-corrected chi connectivity index (χ0v) is 12.4. The number of hydrogen-bond acceptors (Lipinski definition) is 1. The van der Waals surface area contributed by atoms with Gasteiger partial charge in [0.05, 0.1) is 0 Å². The van der Waals surface area contributed by atoms with Gasteiger partial charge in [-0.1, -0.05) is 30.4 Å². The number of hydrogen-bond donors (Lipinski definition) is 0. The fourth-order valence-electron chi connectivity index (χ4n) is 1.89. The summed E-state index contributed by atoms with van der Waals surface area (Å²) >= 11 is 0. The van der Waals surface area contributed by atoms with Crippen LogP contribution in [0.15, 0.2) is 60.1 Å². The van der Waals surface area contributed by atoms with Crippen LogP contribution in [0.2, 0.25) is 0 Å². The summed E-state index contributed by atoms with van der Waals surface area (Å²) in [6.07, 6.45) is 11.7. The molecule has 0 bridgehead atoms. The molecule has 2 heteroatoms. The molecule has 1 aliphatic heterocycles. The van der Waals surface area contributed by atoms with Gasteiger partial charge in [0, 0.05) is 17.8 Å². The Morgan fingerprint density at radius 1 is 1.37 bits per heavy atom. The topological polar surface area (TPSA) is 3.24 Å². The Hall–Kier alpha value is -1.57. The van der Waals surface area contributed by atoms with E-state index in [0.717, 1.165) is 11.3 Å². The summed E-state index contributed by atoms with van der Waals surface area (Å²) in [6, 6.07) is 0. The van der Waals surface area contributed by atoms with Crippen molar-refractivity contribution in [2.75, 3.05) is 6.54 Å². The quantitative estimate of drug-likeness (QED) is 0.638. The molecule has 0 N–H and O–H groups in total. The fraction of sp³-hybridized carbons (Fsp3) is 0.412. The van der Waals surface area contributed by atoms with Gasteiger partial charge in [-0.2, -0.15) is 0 Å². The van der Waals surface area contributed by atoms with E-state index >= 15 is 0 Å². The van der Waals surface area contributed by atoms with Crippen LogP contribution < -0.4 is 0 Å². The molecule has 0 aromatic rings. The predicted octanol–water partition coefficient (Wildman–Crippen LogP) is 4.92. The van der Waals surface area contributed by atoms with E-state index in [1.807, 2.05) is 19.1 Å². The largest absolute Gasteiger partial charge is 0.363 e. The molecule has 0 unspecified atom stereocenters. The Kier molecular flexibility index (Phi) is 5.34. The second-order valence-electron chi connectivity index (χ2n) is 5.82. The minimum atomic E-state index is -0.171. The lowest BCUT2D eigenvalue weighted by Crippen LogP contribution is -2.40. The van der Waals surface area contributed by atoms with Crippen LogP contribution >= 0.6 is 0 Å². The average Bonchev–Trinajstić information content (AvgIpc) is 2.36. The van der Waals surface area contributed by atoms with Crippen molar-refractivity contribution >= 4 is 0 Å². The highest BCUT2D eigenvalue weighted by Gasteiger charge is 2.21. The van der Waals surface area contributed by atoms with Crippen LogP contribution in [0.3, 0.4) is 0 Å². The summed E-state index contributed by atoms with van der Waals surface area (Å²) in [5.41, 5.74) is 2.09. The van der Waals surface area contributed by atoms with E-state index in [2.05, 4.69) is 44.4 Å². The maximum Gasteiger partial charge on any atom is 0.119 e. The predicted molar refractivity (Wildman–Crippen MR) is 81.4 cm³/mol. The van der Waals surface area contributed by atoms with Gasteiger partial charge in [0.2, 0.25) is 0 Å². The highest BCUT2D eigenvalue weighted by atomic mass is 19.1. The summed E-state index contributed by atoms with van der Waals surface area (Å²) in [5.74, 6) is -0.171. The van der Waals surface area contributed by atoms with E-state index in [1.165, 1.54) is 6.08 Å². The maximum atomic E-state index is 13.4. The van der Waals surface area contributed by atoms with Crippen LogP contribution in [0.25, 0.3) is 0 Å². The molecule has 1 aliphatic rings. The Morgan fingerprint density at radius 3 is 2.63 bits per heavy atom. The summed E-state index contributed by atoms with van der Waals surface area (Å²) in [4.78, 5) is 2.26. The van der Waals surface area contributed by atoms with Crippen LogP contribution in [0.4, 0.5) is 4.39 Å². The number of allylic oxidation sites excluding steroid dienone is 7. The van der Waals surface area contributed by atoms with E-state index in [1.54, 1.807) is 6.08 Å². The molecular weight excluding hydrogens is 237 g/mol. The number of rotatable bonds is 2. The second-order valence-corrected chi connectivity index (χ2v) is 5.82. The first kappa shape index (κ1) is 15.5. The smallest absolute Gasteiger partial charge is 0.119 e. The van der Waals surface area contributed by atoms with Crippen molar-refractivity contribution < 1.29 is 4.39 Å². The third-order valence-corrected chi connectivity index (χ3v) is 2.86. The zero-order valence-electron chi connectivity index (χ0n) is 12.4. The van der Waals surface area contributed by atoms with Gasteiger partial charge >= 0.3 is 0 Å². The highest BCUT2D eigenvalue weighted by Crippen LogP contribution is 2.23. The Bertz CT molecular complexity index is 444. The van der Waals surface area contributed by atoms with Crippen LogP contribution in [0, 0.1) is 0 Å². The molecule has 0 aromatic heterocycles. The second kappa shape index (κ2) is 6.55. The van der Waals surface area contributed by atoms with E-state index in [0.29, 0.717) is 13.0 Å². The lowest BCUT2D eigenvalue weighted by molar-refractivity contribution is 0.211. The summed E-state index contributed by atoms with van der Waals surface area (Å²) in [7, 11) is 0. The Morgan fingerprint density at radius 2 is 2.05 bits per heavy atom. The summed E-state index contributed by atoms with van der Waals surface area (Å²) in [5, 5.41) is 0. The van der Waals surface area contributed by atoms with Crippen molar-refractivity contribution in [2.45, 2.75) is 39.7 Å². The molecule has 0 amide bonds. The first-order chi connectivity index (χ1) is 8.80. The highest BCUT2D eigenvalue weighted by molar-refractivity contribution is 5.28. The van der Waals surface area contributed by atoms with Crippen LogP contribution in [0.1, 0.15) is 34.1 Å². The van der Waals surface area contributed by atoms with Crippen molar-refractivity contribution in [1.29, 1.82) is 0 Å². The third kappa shape index (κ3) is 5.29. The molecule has 0 saturated carbocycles. The van der Waals surface area contributed by atoms with Gasteiger partial charge in [0.15, 0.2) is 0 Å². The number of nitrogens with zero attached hydrogens (tertiary/aromatic N) is 1. The normalized spacial score (nSPS) is 24.8. The van der Waals surface area contributed by atoms with Crippen molar-refractivity contribution in [2.24, 2.45) is 0 Å². The van der Waals surface area contributed by atoms with Gasteiger partial charge in [0.1, 0.15) is 5.83 Å². The fourth-order valence-corrected chi connectivity index (χ4v) is 1.89. The Labute approximate surface area is 116 Å². The molecule has 1 nitrogen and oxygen atoms in total. The van der Waals surface area contributed by atoms with Crippen molar-refractivity contribution in [3.63, 3.8) is 0 Å². The van der Waals surface area contributed by atoms with Crippen molar-refractivity contribution in [3.8, 4) is 0 Å². The van der Waals surface area contributed by atoms with Gasteiger partial charge in [-0.15, -0.1) is 0 Å². The first-order valence-corrected chi connectivity index (χ1v) is 6.64. The lowest BCUT2D eigenvalue weighted by Gasteiger charge is -2.38. The molecule has 0 saturated heterocycles. The molecule has 0 fully saturated rings. The molecule has 19 heavy (non-hydrogen) atoms. The SMILES string of the molecule is C=C(C)/C=C/C1=C/C/C=C(F)\C=C/CN1C(C)(C)C. The van der Waals surface area contributed by atoms with Crippen LogP contribution in [-0.2, 0) is 0 Å². The van der Waals surface area contributed by atoms with Gasteiger partial charge < -0.3 is 4.90 Å². The van der Waals surface area contributed by atoms with Gasteiger partial charge in [0.25, 0.3) is 0 Å². The molecule has 104 valence electrons. The van der Waals surface area contributed by atoms with E-state index < -0.39 is 0 Å². The van der Waals surface area contributed by atoms with E-state index in [9.17, 15) is 4.39 Å². The molecular formula is C17H24FN. The molecule has 0 spiro atoms. The van der Waals surface area contributed by atoms with Gasteiger partial charge in [-0.25, -0.2) is 4.39 Å². The third-order valence-electron chi connectivity index (χ3n) is 2.86. The van der Waals surface area contributed by atoms with Crippen LogP contribution in [0.5, 0.6) is 0 Å². The molecule has 0 radical (unpaired) electrons. The Balaban J connectivity index is 3.11. The van der Waals surface area contributed by atoms with Crippen molar-refractivity contribution in [3.05, 3.63) is 60.1 Å². The summed E-state index contributed by atoms with van der Waals surface area (Å²) in [6.45, 7) is 13.0. The van der Waals surface area contributed by atoms with Crippen molar-refractivity contribution in [1.82, 2.24) is 4.90 Å². The first-order valence-electron chi connectivity index (χ1n) is 6.64. The van der Waals surface area contributed by atoms with Crippen LogP contribution in [-0.4, -0.2) is 17.0 Å². The molecule has 0 aromatic carbocycles. The molecule has 1 rings (SSSR count). The van der Waals surface area contributed by atoms with E-state index in [-0.39, 0.29) is 11.4 Å². The maximum absolute atomic E-state index is 13.4. The van der Waals surface area contributed by atoms with Gasteiger partial charge in [-0.05, 0) is 52.3 Å². The molecule has 1 heterocycles. The van der Waals surface area contributed by atoms with Gasteiger partial charge in [-0.3, -0.25) is 0 Å². The molecule has 0 atom stereocenters. The minimum Gasteiger partial charge on any atom is -0.363 e. The van der Waals surface area contributed by atoms with E-state index in [4.69, 9.17) is 0 Å². The standard InChI is InChI=1S/C17H24FN/c1-14(2)11-12-16-10-6-8-15(18)9-7-13-19(16)17(3,4)5/h7-12H,1,6,13H2,2-5H3/b9-7-,12-11+,15-8+,16-10-. The number of halogens is 1. The lowest BCUT2D eigenvalue weighted by atomic mass is 10.0. The molecule has 0 aliphatic carbocycles. The average molecular weight is 261 g/mol. The zero-order chi connectivity index (χ0) is 14.5. The monoisotopic (exact) mass is 261 g/mol. The minimum absolute atomic E-state index is 0.0175.